The second-order valence-corrected chi connectivity index (χ2v) is 4.58. The molecule has 0 spiro atoms. The van der Waals surface area contributed by atoms with E-state index in [1.165, 1.54) is 6.07 Å². The molecule has 5 nitrogen and oxygen atoms in total. The van der Waals surface area contributed by atoms with Crippen LogP contribution in [-0.4, -0.2) is 42.5 Å². The van der Waals surface area contributed by atoms with Crippen LogP contribution in [0.25, 0.3) is 0 Å². The van der Waals surface area contributed by atoms with Crippen LogP contribution in [0.4, 0.5) is 4.39 Å². The Morgan fingerprint density at radius 1 is 1.47 bits per heavy atom. The molecule has 1 amide bonds. The number of carbonyl (C=O) groups excluding carboxylic acids is 2. The molecule has 0 saturated carbocycles. The predicted molar refractivity (Wildman–Crippen MR) is 68.2 cm³/mol. The first-order chi connectivity index (χ1) is 9.04. The van der Waals surface area contributed by atoms with Crippen molar-refractivity contribution in [2.45, 2.75) is 11.0 Å². The Hall–Kier alpha value is -1.60. The van der Waals surface area contributed by atoms with E-state index in [1.807, 2.05) is 0 Å². The molecule has 0 aliphatic heterocycles. The minimum Gasteiger partial charge on any atom is -0.467 e. The van der Waals surface area contributed by atoms with Crippen LogP contribution in [0.5, 0.6) is 0 Å². The van der Waals surface area contributed by atoms with E-state index in [4.69, 9.17) is 0 Å². The maximum Gasteiger partial charge on any atom is 0.336 e. The second kappa shape index (κ2) is 7.75. The average molecular weight is 287 g/mol. The minimum absolute atomic E-state index is 0.00513. The highest BCUT2D eigenvalue weighted by Crippen LogP contribution is 2.20. The molecular formula is C12H14FNO4S. The summed E-state index contributed by atoms with van der Waals surface area (Å²) in [5.74, 6) is -1.62. The summed E-state index contributed by atoms with van der Waals surface area (Å²) in [6, 6.07) is 6.11. The Morgan fingerprint density at radius 2 is 2.16 bits per heavy atom. The largest absolute Gasteiger partial charge is 0.467 e. The predicted octanol–water partition coefficient (Wildman–Crippen LogP) is 0.568. The first-order valence-electron chi connectivity index (χ1n) is 5.44. The van der Waals surface area contributed by atoms with Crippen molar-refractivity contribution in [2.24, 2.45) is 0 Å². The number of halogens is 1. The van der Waals surface area contributed by atoms with Crippen molar-refractivity contribution in [3.63, 3.8) is 0 Å². The van der Waals surface area contributed by atoms with Gasteiger partial charge in [0.05, 0.1) is 19.4 Å². The smallest absolute Gasteiger partial charge is 0.336 e. The lowest BCUT2D eigenvalue weighted by molar-refractivity contribution is -0.150. The lowest BCUT2D eigenvalue weighted by Gasteiger charge is -2.09. The van der Waals surface area contributed by atoms with E-state index < -0.39 is 23.8 Å². The number of nitrogens with one attached hydrogen (secondary N) is 1. The standard InChI is InChI=1S/C12H14FNO4S/c1-18-12(17)9(15)6-14-11(16)7-19-10-5-3-2-4-8(10)13/h2-5,9,15H,6-7H2,1H3,(H,14,16). The molecule has 0 aromatic heterocycles. The molecule has 0 aliphatic rings. The van der Waals surface area contributed by atoms with E-state index in [-0.39, 0.29) is 12.3 Å². The van der Waals surface area contributed by atoms with Crippen LogP contribution in [0, 0.1) is 5.82 Å². The maximum atomic E-state index is 13.3. The number of ether oxygens (including phenoxy) is 1. The number of hydrogen-bond donors (Lipinski definition) is 2. The van der Waals surface area contributed by atoms with Crippen molar-refractivity contribution in [1.29, 1.82) is 0 Å². The fraction of sp³-hybridized carbons (Fsp3) is 0.333. The third-order valence-corrected chi connectivity index (χ3v) is 3.21. The van der Waals surface area contributed by atoms with Gasteiger partial charge in [-0.3, -0.25) is 4.79 Å². The molecule has 1 atom stereocenters. The highest BCUT2D eigenvalue weighted by Gasteiger charge is 2.16. The lowest BCUT2D eigenvalue weighted by Crippen LogP contribution is -2.37. The number of amides is 1. The van der Waals surface area contributed by atoms with Crippen LogP contribution < -0.4 is 5.32 Å². The molecule has 19 heavy (non-hydrogen) atoms. The molecular weight excluding hydrogens is 273 g/mol. The zero-order chi connectivity index (χ0) is 14.3. The van der Waals surface area contributed by atoms with Gasteiger partial charge in [0.2, 0.25) is 5.91 Å². The van der Waals surface area contributed by atoms with E-state index >= 15 is 0 Å². The Balaban J connectivity index is 2.33. The van der Waals surface area contributed by atoms with Gasteiger partial charge in [-0.05, 0) is 12.1 Å². The molecule has 1 rings (SSSR count). The van der Waals surface area contributed by atoms with Gasteiger partial charge in [0.1, 0.15) is 5.82 Å². The maximum absolute atomic E-state index is 13.3. The molecule has 2 N–H and O–H groups in total. The fourth-order valence-electron chi connectivity index (χ4n) is 1.19. The zero-order valence-corrected chi connectivity index (χ0v) is 11.1. The van der Waals surface area contributed by atoms with Crippen LogP contribution in [0.1, 0.15) is 0 Å². The summed E-state index contributed by atoms with van der Waals surface area (Å²) in [5, 5.41) is 11.6. The molecule has 0 aliphatic carbocycles. The second-order valence-electron chi connectivity index (χ2n) is 3.56. The Bertz CT molecular complexity index is 455. The third kappa shape index (κ3) is 5.27. The molecule has 0 radical (unpaired) electrons. The van der Waals surface area contributed by atoms with Crippen LogP contribution in [-0.2, 0) is 14.3 Å². The number of thioether (sulfide) groups is 1. The first-order valence-corrected chi connectivity index (χ1v) is 6.43. The van der Waals surface area contributed by atoms with Crippen LogP contribution in [0.3, 0.4) is 0 Å². The van der Waals surface area contributed by atoms with Crippen molar-refractivity contribution >= 4 is 23.6 Å². The molecule has 1 aromatic rings. The van der Waals surface area contributed by atoms with Crippen LogP contribution >= 0.6 is 11.8 Å². The number of aliphatic hydroxyl groups excluding tert-OH is 1. The Labute approximate surface area is 114 Å². The van der Waals surface area contributed by atoms with Gasteiger partial charge in [0.15, 0.2) is 6.10 Å². The number of esters is 1. The van der Waals surface area contributed by atoms with Crippen molar-refractivity contribution in [3.05, 3.63) is 30.1 Å². The minimum atomic E-state index is -1.40. The van der Waals surface area contributed by atoms with E-state index in [2.05, 4.69) is 10.1 Å². The third-order valence-electron chi connectivity index (χ3n) is 2.16. The molecule has 1 aromatic carbocycles. The van der Waals surface area contributed by atoms with E-state index in [0.29, 0.717) is 4.90 Å². The van der Waals surface area contributed by atoms with Gasteiger partial charge in [0.25, 0.3) is 0 Å². The van der Waals surface area contributed by atoms with Gasteiger partial charge < -0.3 is 15.2 Å². The molecule has 0 saturated heterocycles. The molecule has 7 heteroatoms. The van der Waals surface area contributed by atoms with Gasteiger partial charge in [-0.2, -0.15) is 0 Å². The van der Waals surface area contributed by atoms with E-state index in [9.17, 15) is 19.1 Å². The molecule has 1 unspecified atom stereocenters. The van der Waals surface area contributed by atoms with E-state index in [0.717, 1.165) is 18.9 Å². The monoisotopic (exact) mass is 287 g/mol. The highest BCUT2D eigenvalue weighted by atomic mass is 32.2. The number of methoxy groups -OCH3 is 1. The SMILES string of the molecule is COC(=O)C(O)CNC(=O)CSc1ccccc1F. The molecule has 0 bridgehead atoms. The van der Waals surface area contributed by atoms with Crippen molar-refractivity contribution in [3.8, 4) is 0 Å². The first kappa shape index (κ1) is 15.5. The molecule has 0 heterocycles. The Morgan fingerprint density at radius 3 is 2.79 bits per heavy atom. The van der Waals surface area contributed by atoms with E-state index in [1.54, 1.807) is 18.2 Å². The zero-order valence-electron chi connectivity index (χ0n) is 10.3. The van der Waals surface area contributed by atoms with Gasteiger partial charge in [-0.15, -0.1) is 11.8 Å². The number of benzene rings is 1. The van der Waals surface area contributed by atoms with Crippen LogP contribution in [0.15, 0.2) is 29.2 Å². The van der Waals surface area contributed by atoms with Gasteiger partial charge >= 0.3 is 5.97 Å². The van der Waals surface area contributed by atoms with Gasteiger partial charge in [0, 0.05) is 4.90 Å². The van der Waals surface area contributed by atoms with Crippen molar-refractivity contribution < 1.29 is 23.8 Å². The van der Waals surface area contributed by atoms with Crippen molar-refractivity contribution in [2.75, 3.05) is 19.4 Å². The molecule has 104 valence electrons. The normalized spacial score (nSPS) is 11.7. The lowest BCUT2D eigenvalue weighted by atomic mass is 10.3. The number of rotatable bonds is 6. The highest BCUT2D eigenvalue weighted by molar-refractivity contribution is 8.00. The van der Waals surface area contributed by atoms with Gasteiger partial charge in [-0.25, -0.2) is 9.18 Å². The summed E-state index contributed by atoms with van der Waals surface area (Å²) < 4.78 is 17.5. The molecule has 0 fully saturated rings. The number of carbonyl (C=O) groups is 2. The van der Waals surface area contributed by atoms with Crippen LogP contribution in [0.2, 0.25) is 0 Å². The summed E-state index contributed by atoms with van der Waals surface area (Å²) in [7, 11) is 1.14. The van der Waals surface area contributed by atoms with Crippen molar-refractivity contribution in [1.82, 2.24) is 5.32 Å². The number of hydrogen-bond acceptors (Lipinski definition) is 5. The fourth-order valence-corrected chi connectivity index (χ4v) is 1.96. The average Bonchev–Trinajstić information content (AvgIpc) is 2.42. The Kier molecular flexibility index (Phi) is 6.31. The number of aliphatic hydroxyl groups is 1. The topological polar surface area (TPSA) is 75.6 Å². The summed E-state index contributed by atoms with van der Waals surface area (Å²) in [6.07, 6.45) is -1.40. The summed E-state index contributed by atoms with van der Waals surface area (Å²) in [6.45, 7) is -0.233. The summed E-state index contributed by atoms with van der Waals surface area (Å²) >= 11 is 1.04. The summed E-state index contributed by atoms with van der Waals surface area (Å²) in [5.41, 5.74) is 0. The quantitative estimate of drug-likeness (QED) is 0.591. The van der Waals surface area contributed by atoms with Gasteiger partial charge in [-0.1, -0.05) is 12.1 Å². The summed E-state index contributed by atoms with van der Waals surface area (Å²) in [4.78, 5) is 22.7.